The smallest absolute Gasteiger partial charge is 0.0934 e. The summed E-state index contributed by atoms with van der Waals surface area (Å²) in [5, 5.41) is 0. The van der Waals surface area contributed by atoms with Crippen LogP contribution in [0.3, 0.4) is 0 Å². The third-order valence-electron chi connectivity index (χ3n) is 4.60. The first-order valence-electron chi connectivity index (χ1n) is 9.02. The molecule has 2 heterocycles. The average Bonchev–Trinajstić information content (AvgIpc) is 3.29. The largest absolute Gasteiger partial charge is 0.472 e. The van der Waals surface area contributed by atoms with Gasteiger partial charge in [-0.2, -0.15) is 0 Å². The normalized spacial score (nSPS) is 14.9. The lowest BCUT2D eigenvalue weighted by atomic mass is 9.96. The number of hydrogen-bond donors (Lipinski definition) is 0. The first kappa shape index (κ1) is 19.3. The van der Waals surface area contributed by atoms with Crippen LogP contribution in [0.15, 0.2) is 69.8 Å². The molecular formula is C22H30O3. The molecule has 0 fully saturated rings. The van der Waals surface area contributed by atoms with Gasteiger partial charge in [0.15, 0.2) is 0 Å². The average molecular weight is 342 g/mol. The Morgan fingerprint density at radius 2 is 1.80 bits per heavy atom. The van der Waals surface area contributed by atoms with Gasteiger partial charge < -0.3 is 13.6 Å². The molecule has 0 N–H and O–H groups in total. The summed E-state index contributed by atoms with van der Waals surface area (Å²) in [6.07, 6.45) is 20.0. The maximum Gasteiger partial charge on any atom is 0.0934 e. The summed E-state index contributed by atoms with van der Waals surface area (Å²) in [5.41, 5.74) is 3.68. The molecule has 0 radical (unpaired) electrons. The number of allylic oxidation sites excluding steroid dienone is 3. The van der Waals surface area contributed by atoms with Gasteiger partial charge >= 0.3 is 0 Å². The molecule has 3 heteroatoms. The molecule has 0 bridgehead atoms. The molecule has 0 aliphatic heterocycles. The van der Waals surface area contributed by atoms with Crippen molar-refractivity contribution in [1.29, 1.82) is 0 Å². The van der Waals surface area contributed by atoms with Gasteiger partial charge in [0.05, 0.1) is 30.7 Å². The maximum atomic E-state index is 5.73. The van der Waals surface area contributed by atoms with Gasteiger partial charge in [0.25, 0.3) is 0 Å². The summed E-state index contributed by atoms with van der Waals surface area (Å²) < 4.78 is 15.9. The van der Waals surface area contributed by atoms with E-state index < -0.39 is 0 Å². The van der Waals surface area contributed by atoms with Gasteiger partial charge in [-0.05, 0) is 75.6 Å². The molecule has 3 nitrogen and oxygen atoms in total. The molecule has 0 aromatic carbocycles. The Morgan fingerprint density at radius 3 is 2.40 bits per heavy atom. The molecule has 0 amide bonds. The summed E-state index contributed by atoms with van der Waals surface area (Å²) >= 11 is 0. The fourth-order valence-corrected chi connectivity index (χ4v) is 2.83. The van der Waals surface area contributed by atoms with Crippen LogP contribution >= 0.6 is 0 Å². The monoisotopic (exact) mass is 342 g/mol. The van der Waals surface area contributed by atoms with Crippen LogP contribution in [-0.2, 0) is 17.6 Å². The van der Waals surface area contributed by atoms with Crippen LogP contribution in [0.5, 0.6) is 0 Å². The summed E-state index contributed by atoms with van der Waals surface area (Å²) in [6.45, 7) is 4.33. The number of rotatable bonds is 11. The summed E-state index contributed by atoms with van der Waals surface area (Å²) in [6, 6.07) is 4.05. The van der Waals surface area contributed by atoms with Crippen LogP contribution in [0.4, 0.5) is 0 Å². The second-order valence-electron chi connectivity index (χ2n) is 6.83. The van der Waals surface area contributed by atoms with E-state index in [1.165, 1.54) is 16.7 Å². The lowest BCUT2D eigenvalue weighted by molar-refractivity contribution is 0.0396. The van der Waals surface area contributed by atoms with E-state index >= 15 is 0 Å². The highest BCUT2D eigenvalue weighted by atomic mass is 16.5. The zero-order chi connectivity index (χ0) is 18.0. The van der Waals surface area contributed by atoms with E-state index in [0.29, 0.717) is 0 Å². The van der Waals surface area contributed by atoms with Crippen molar-refractivity contribution in [2.45, 2.75) is 58.0 Å². The molecule has 2 rings (SSSR count). The van der Waals surface area contributed by atoms with Crippen molar-refractivity contribution in [2.24, 2.45) is 0 Å². The Bertz CT molecular complexity index is 635. The minimum atomic E-state index is -0.208. The molecule has 25 heavy (non-hydrogen) atoms. The molecule has 0 spiro atoms. The third kappa shape index (κ3) is 7.18. The predicted octanol–water partition coefficient (Wildman–Crippen LogP) is 6.13. The Labute approximate surface area is 151 Å². The van der Waals surface area contributed by atoms with Crippen molar-refractivity contribution in [3.63, 3.8) is 0 Å². The maximum absolute atomic E-state index is 5.73. The van der Waals surface area contributed by atoms with Crippen LogP contribution < -0.4 is 0 Å². The van der Waals surface area contributed by atoms with E-state index in [0.717, 1.165) is 38.5 Å². The highest BCUT2D eigenvalue weighted by Gasteiger charge is 2.19. The molecular weight excluding hydrogens is 312 g/mol. The van der Waals surface area contributed by atoms with Crippen LogP contribution in [0.2, 0.25) is 0 Å². The zero-order valence-corrected chi connectivity index (χ0v) is 15.7. The summed E-state index contributed by atoms with van der Waals surface area (Å²) in [7, 11) is 1.79. The number of methoxy groups -OCH3 is 1. The van der Waals surface area contributed by atoms with Crippen molar-refractivity contribution in [1.82, 2.24) is 0 Å². The highest BCUT2D eigenvalue weighted by Crippen LogP contribution is 2.21. The zero-order valence-electron chi connectivity index (χ0n) is 15.7. The van der Waals surface area contributed by atoms with Gasteiger partial charge in [0, 0.05) is 7.11 Å². The quantitative estimate of drug-likeness (QED) is 0.461. The molecule has 0 saturated carbocycles. The summed E-state index contributed by atoms with van der Waals surface area (Å²) in [4.78, 5) is 0. The first-order chi connectivity index (χ1) is 12.1. The van der Waals surface area contributed by atoms with Gasteiger partial charge in [0.1, 0.15) is 0 Å². The Balaban J connectivity index is 1.72. The fourth-order valence-electron chi connectivity index (χ4n) is 2.83. The van der Waals surface area contributed by atoms with Gasteiger partial charge in [-0.25, -0.2) is 0 Å². The molecule has 0 aliphatic carbocycles. The Hall–Kier alpha value is -2.00. The number of hydrogen-bond acceptors (Lipinski definition) is 3. The number of ether oxygens (including phenoxy) is 1. The number of furan rings is 2. The predicted molar refractivity (Wildman–Crippen MR) is 102 cm³/mol. The Morgan fingerprint density at radius 1 is 1.12 bits per heavy atom. The first-order valence-corrected chi connectivity index (χ1v) is 9.02. The van der Waals surface area contributed by atoms with E-state index in [-0.39, 0.29) is 5.60 Å². The summed E-state index contributed by atoms with van der Waals surface area (Å²) in [5.74, 6) is 0. The van der Waals surface area contributed by atoms with Crippen molar-refractivity contribution in [3.8, 4) is 0 Å². The highest BCUT2D eigenvalue weighted by molar-refractivity contribution is 5.11. The van der Waals surface area contributed by atoms with Crippen molar-refractivity contribution in [2.75, 3.05) is 7.11 Å². The van der Waals surface area contributed by atoms with Crippen LogP contribution in [-0.4, -0.2) is 12.7 Å². The topological polar surface area (TPSA) is 35.5 Å². The van der Waals surface area contributed by atoms with E-state index in [1.54, 1.807) is 19.6 Å². The van der Waals surface area contributed by atoms with E-state index in [9.17, 15) is 0 Å². The second-order valence-corrected chi connectivity index (χ2v) is 6.83. The van der Waals surface area contributed by atoms with Crippen LogP contribution in [0.1, 0.15) is 50.7 Å². The standard InChI is InChI=1S/C22H30O3/c1-19(7-4-9-20-11-15-24-17-20)8-5-13-22(2,23-3)14-6-10-21-12-16-25-18-21/h5,7,11-13,15-18H,4,6,8-10,14H2,1-3H3/b13-5+,19-7+/t22-/m0/s1. The minimum Gasteiger partial charge on any atom is -0.472 e. The third-order valence-corrected chi connectivity index (χ3v) is 4.60. The molecule has 1 atom stereocenters. The van der Waals surface area contributed by atoms with Crippen molar-refractivity contribution >= 4 is 0 Å². The van der Waals surface area contributed by atoms with Crippen molar-refractivity contribution < 1.29 is 13.6 Å². The van der Waals surface area contributed by atoms with Gasteiger partial charge in [-0.3, -0.25) is 0 Å². The molecule has 0 unspecified atom stereocenters. The molecule has 0 aliphatic rings. The van der Waals surface area contributed by atoms with E-state index in [2.05, 4.69) is 32.1 Å². The van der Waals surface area contributed by atoms with Gasteiger partial charge in [-0.15, -0.1) is 0 Å². The van der Waals surface area contributed by atoms with Crippen LogP contribution in [0, 0.1) is 0 Å². The van der Waals surface area contributed by atoms with Gasteiger partial charge in [0.2, 0.25) is 0 Å². The van der Waals surface area contributed by atoms with Gasteiger partial charge in [-0.1, -0.05) is 23.8 Å². The molecule has 136 valence electrons. The minimum absolute atomic E-state index is 0.208. The van der Waals surface area contributed by atoms with Crippen LogP contribution in [0.25, 0.3) is 0 Å². The lowest BCUT2D eigenvalue weighted by Gasteiger charge is -2.24. The second kappa shape index (κ2) is 10.1. The lowest BCUT2D eigenvalue weighted by Crippen LogP contribution is -2.24. The molecule has 2 aromatic rings. The fraction of sp³-hybridized carbons (Fsp3) is 0.455. The Kier molecular flexibility index (Phi) is 7.80. The molecule has 0 saturated heterocycles. The van der Waals surface area contributed by atoms with E-state index in [1.807, 2.05) is 24.7 Å². The molecule has 2 aromatic heterocycles. The van der Waals surface area contributed by atoms with Crippen molar-refractivity contribution in [3.05, 3.63) is 72.1 Å². The van der Waals surface area contributed by atoms with E-state index in [4.69, 9.17) is 13.6 Å². The SMILES string of the molecule is CO[C@@](C)(/C=C/C/C(C)=C/CCc1ccoc1)CCCc1ccoc1. The number of aryl methyl sites for hydroxylation is 2.